The molecule has 2 aromatic rings. The summed E-state index contributed by atoms with van der Waals surface area (Å²) in [5, 5.41) is 13.1. The number of phenolic OH excluding ortho intramolecular Hbond substituents is 1. The van der Waals surface area contributed by atoms with E-state index in [4.69, 9.17) is 5.11 Å². The van der Waals surface area contributed by atoms with Gasteiger partial charge < -0.3 is 5.11 Å². The highest BCUT2D eigenvalue weighted by atomic mass is 16.3. The first-order valence-electron chi connectivity index (χ1n) is 6.34. The summed E-state index contributed by atoms with van der Waals surface area (Å²) in [6, 6.07) is 15.9. The van der Waals surface area contributed by atoms with E-state index in [0.717, 1.165) is 5.56 Å². The Morgan fingerprint density at radius 2 is 1.80 bits per heavy atom. The van der Waals surface area contributed by atoms with Crippen molar-refractivity contribution in [3.8, 4) is 5.75 Å². The molecule has 0 spiro atoms. The number of rotatable bonds is 4. The summed E-state index contributed by atoms with van der Waals surface area (Å²) in [4.78, 5) is 11.8. The van der Waals surface area contributed by atoms with Crippen molar-refractivity contribution in [1.29, 1.82) is 0 Å². The third-order valence-electron chi connectivity index (χ3n) is 2.92. The van der Waals surface area contributed by atoms with Crippen LogP contribution in [0.1, 0.15) is 28.8 Å². The van der Waals surface area contributed by atoms with Crippen LogP contribution in [0, 0.1) is 0 Å². The summed E-state index contributed by atoms with van der Waals surface area (Å²) < 4.78 is 0. The molecule has 1 amide bonds. The van der Waals surface area contributed by atoms with Crippen LogP contribution in [0.25, 0.3) is 0 Å². The molecule has 102 valence electrons. The first-order valence-corrected chi connectivity index (χ1v) is 6.34. The van der Waals surface area contributed by atoms with E-state index < -0.39 is 0 Å². The smallest absolute Gasteiger partial charge is 0.271 e. The van der Waals surface area contributed by atoms with E-state index in [9.17, 15) is 4.79 Å². The molecule has 2 rings (SSSR count). The minimum absolute atomic E-state index is 0.122. The van der Waals surface area contributed by atoms with Gasteiger partial charge in [-0.3, -0.25) is 4.79 Å². The van der Waals surface area contributed by atoms with Gasteiger partial charge in [-0.2, -0.15) is 5.10 Å². The molecule has 0 aromatic heterocycles. The fourth-order valence-electron chi connectivity index (χ4n) is 1.73. The van der Waals surface area contributed by atoms with Crippen molar-refractivity contribution >= 4 is 12.1 Å². The van der Waals surface area contributed by atoms with Crippen LogP contribution in [0.3, 0.4) is 0 Å². The Balaban J connectivity index is 1.93. The lowest BCUT2D eigenvalue weighted by molar-refractivity contribution is 0.0955. The number of aromatic hydroxyl groups is 1. The van der Waals surface area contributed by atoms with E-state index in [-0.39, 0.29) is 17.6 Å². The first kappa shape index (κ1) is 13.8. The van der Waals surface area contributed by atoms with Gasteiger partial charge in [0, 0.05) is 17.7 Å². The van der Waals surface area contributed by atoms with Gasteiger partial charge in [0.15, 0.2) is 0 Å². The highest BCUT2D eigenvalue weighted by Gasteiger charge is 2.04. The number of hydrogen-bond acceptors (Lipinski definition) is 3. The molecule has 0 unspecified atom stereocenters. The van der Waals surface area contributed by atoms with E-state index >= 15 is 0 Å². The highest BCUT2D eigenvalue weighted by Crippen LogP contribution is 2.12. The maximum absolute atomic E-state index is 11.8. The highest BCUT2D eigenvalue weighted by molar-refractivity contribution is 5.94. The molecule has 4 heteroatoms. The third-order valence-corrected chi connectivity index (χ3v) is 2.92. The minimum atomic E-state index is -0.304. The molecular weight excluding hydrogens is 252 g/mol. The Kier molecular flexibility index (Phi) is 4.50. The SMILES string of the molecule is C[C@@H](/C=N\NC(=O)c1ccc(O)cc1)c1ccccc1. The van der Waals surface area contributed by atoms with Crippen molar-refractivity contribution in [2.24, 2.45) is 5.10 Å². The molecule has 2 N–H and O–H groups in total. The lowest BCUT2D eigenvalue weighted by atomic mass is 10.0. The van der Waals surface area contributed by atoms with Gasteiger partial charge in [0.25, 0.3) is 5.91 Å². The van der Waals surface area contributed by atoms with E-state index in [1.54, 1.807) is 18.3 Å². The zero-order valence-corrected chi connectivity index (χ0v) is 11.2. The zero-order chi connectivity index (χ0) is 14.4. The topological polar surface area (TPSA) is 61.7 Å². The predicted octanol–water partition coefficient (Wildman–Crippen LogP) is 2.91. The molecule has 0 aliphatic heterocycles. The van der Waals surface area contributed by atoms with E-state index in [1.807, 2.05) is 37.3 Å². The van der Waals surface area contributed by atoms with Crippen molar-refractivity contribution < 1.29 is 9.90 Å². The maximum atomic E-state index is 11.8. The molecule has 0 heterocycles. The predicted molar refractivity (Wildman–Crippen MR) is 78.9 cm³/mol. The van der Waals surface area contributed by atoms with Gasteiger partial charge in [0.05, 0.1) is 0 Å². The average Bonchev–Trinajstić information content (AvgIpc) is 2.48. The average molecular weight is 268 g/mol. The molecule has 2 aromatic carbocycles. The number of hydrogen-bond donors (Lipinski definition) is 2. The normalized spacial score (nSPS) is 12.2. The van der Waals surface area contributed by atoms with Gasteiger partial charge in [-0.05, 0) is 29.8 Å². The van der Waals surface area contributed by atoms with E-state index in [0.29, 0.717) is 5.56 Å². The lowest BCUT2D eigenvalue weighted by Gasteiger charge is -2.05. The number of carbonyl (C=O) groups excluding carboxylic acids is 1. The van der Waals surface area contributed by atoms with Gasteiger partial charge in [0.2, 0.25) is 0 Å². The monoisotopic (exact) mass is 268 g/mol. The van der Waals surface area contributed by atoms with Crippen LogP contribution in [0.4, 0.5) is 0 Å². The molecule has 0 bridgehead atoms. The van der Waals surface area contributed by atoms with Crippen LogP contribution in [0.15, 0.2) is 59.7 Å². The van der Waals surface area contributed by atoms with Crippen LogP contribution in [0.5, 0.6) is 5.75 Å². The number of nitrogens with zero attached hydrogens (tertiary/aromatic N) is 1. The second-order valence-corrected chi connectivity index (χ2v) is 4.47. The van der Waals surface area contributed by atoms with Crippen LogP contribution in [-0.2, 0) is 0 Å². The zero-order valence-electron chi connectivity index (χ0n) is 11.2. The molecule has 0 radical (unpaired) electrons. The lowest BCUT2D eigenvalue weighted by Crippen LogP contribution is -2.17. The Labute approximate surface area is 117 Å². The van der Waals surface area contributed by atoms with Gasteiger partial charge >= 0.3 is 0 Å². The fourth-order valence-corrected chi connectivity index (χ4v) is 1.73. The first-order chi connectivity index (χ1) is 9.66. The Morgan fingerprint density at radius 1 is 1.15 bits per heavy atom. The Morgan fingerprint density at radius 3 is 2.45 bits per heavy atom. The van der Waals surface area contributed by atoms with Gasteiger partial charge in [-0.1, -0.05) is 37.3 Å². The molecule has 0 saturated carbocycles. The fraction of sp³-hybridized carbons (Fsp3) is 0.125. The summed E-state index contributed by atoms with van der Waals surface area (Å²) >= 11 is 0. The number of nitrogens with one attached hydrogen (secondary N) is 1. The molecular formula is C16H16N2O2. The van der Waals surface area contributed by atoms with Crippen molar-refractivity contribution in [2.75, 3.05) is 0 Å². The summed E-state index contributed by atoms with van der Waals surface area (Å²) in [5.41, 5.74) is 4.05. The van der Waals surface area contributed by atoms with Crippen LogP contribution in [0.2, 0.25) is 0 Å². The van der Waals surface area contributed by atoms with Crippen molar-refractivity contribution in [3.63, 3.8) is 0 Å². The standard InChI is InChI=1S/C16H16N2O2/c1-12(13-5-3-2-4-6-13)11-17-18-16(20)14-7-9-15(19)10-8-14/h2-12,19H,1H3,(H,18,20)/b17-11-/t12-/m0/s1. The minimum Gasteiger partial charge on any atom is -0.508 e. The second kappa shape index (κ2) is 6.52. The molecule has 20 heavy (non-hydrogen) atoms. The van der Waals surface area contributed by atoms with Crippen LogP contribution < -0.4 is 5.43 Å². The van der Waals surface area contributed by atoms with Gasteiger partial charge in [0.1, 0.15) is 5.75 Å². The molecule has 1 atom stereocenters. The second-order valence-electron chi connectivity index (χ2n) is 4.47. The summed E-state index contributed by atoms with van der Waals surface area (Å²) in [6.45, 7) is 2.01. The molecule has 0 aliphatic rings. The molecule has 0 fully saturated rings. The molecule has 0 saturated heterocycles. The van der Waals surface area contributed by atoms with Crippen molar-refractivity contribution in [3.05, 3.63) is 65.7 Å². The Hall–Kier alpha value is -2.62. The summed E-state index contributed by atoms with van der Waals surface area (Å²) in [7, 11) is 0. The largest absolute Gasteiger partial charge is 0.508 e. The molecule has 0 aliphatic carbocycles. The number of amides is 1. The number of phenols is 1. The van der Waals surface area contributed by atoms with E-state index in [2.05, 4.69) is 10.5 Å². The third kappa shape index (κ3) is 3.68. The van der Waals surface area contributed by atoms with Crippen molar-refractivity contribution in [1.82, 2.24) is 5.43 Å². The summed E-state index contributed by atoms with van der Waals surface area (Å²) in [6.07, 6.45) is 1.69. The molecule has 4 nitrogen and oxygen atoms in total. The Bertz CT molecular complexity index is 592. The quantitative estimate of drug-likeness (QED) is 0.661. The van der Waals surface area contributed by atoms with Crippen LogP contribution >= 0.6 is 0 Å². The number of benzene rings is 2. The summed E-state index contributed by atoms with van der Waals surface area (Å²) in [5.74, 6) is -0.0550. The van der Waals surface area contributed by atoms with E-state index in [1.165, 1.54) is 12.1 Å². The number of carbonyl (C=O) groups is 1. The van der Waals surface area contributed by atoms with Gasteiger partial charge in [-0.25, -0.2) is 5.43 Å². The number of hydrazone groups is 1. The van der Waals surface area contributed by atoms with Gasteiger partial charge in [-0.15, -0.1) is 0 Å². The van der Waals surface area contributed by atoms with Crippen LogP contribution in [-0.4, -0.2) is 17.2 Å². The van der Waals surface area contributed by atoms with Crippen molar-refractivity contribution in [2.45, 2.75) is 12.8 Å². The maximum Gasteiger partial charge on any atom is 0.271 e.